The van der Waals surface area contributed by atoms with Crippen LogP contribution in [0.2, 0.25) is 5.02 Å². The van der Waals surface area contributed by atoms with Gasteiger partial charge in [-0.05, 0) is 24.5 Å². The predicted molar refractivity (Wildman–Crippen MR) is 61.5 cm³/mol. The van der Waals surface area contributed by atoms with E-state index in [4.69, 9.17) is 21.1 Å². The molecule has 1 aromatic carbocycles. The number of aldehydes is 1. The summed E-state index contributed by atoms with van der Waals surface area (Å²) < 4.78 is 10.3. The van der Waals surface area contributed by atoms with Crippen LogP contribution in [0, 0.1) is 0 Å². The Morgan fingerprint density at radius 3 is 2.25 bits per heavy atom. The van der Waals surface area contributed by atoms with Crippen LogP contribution in [-0.4, -0.2) is 20.5 Å². The summed E-state index contributed by atoms with van der Waals surface area (Å²) >= 11 is 6.15. The molecule has 0 aromatic heterocycles. The van der Waals surface area contributed by atoms with Crippen LogP contribution >= 0.6 is 11.6 Å². The zero-order valence-corrected chi connectivity index (χ0v) is 10.0. The van der Waals surface area contributed by atoms with E-state index < -0.39 is 5.41 Å². The Labute approximate surface area is 99.3 Å². The van der Waals surface area contributed by atoms with Crippen molar-refractivity contribution < 1.29 is 14.3 Å². The molecule has 3 nitrogen and oxygen atoms in total. The van der Waals surface area contributed by atoms with Crippen molar-refractivity contribution in [3.8, 4) is 11.5 Å². The molecule has 0 unspecified atom stereocenters. The number of methoxy groups -OCH3 is 2. The van der Waals surface area contributed by atoms with Crippen LogP contribution < -0.4 is 9.47 Å². The zero-order chi connectivity index (χ0) is 11.8. The summed E-state index contributed by atoms with van der Waals surface area (Å²) in [5.41, 5.74) is 0.443. The van der Waals surface area contributed by atoms with Gasteiger partial charge in [-0.25, -0.2) is 0 Å². The SMILES string of the molecule is COc1cc(Cl)c(C2(C=O)CC2)cc1OC. The lowest BCUT2D eigenvalue weighted by Gasteiger charge is -2.14. The molecule has 0 saturated heterocycles. The standard InChI is InChI=1S/C12H13ClO3/c1-15-10-5-8(12(7-14)3-4-12)9(13)6-11(10)16-2/h5-7H,3-4H2,1-2H3. The maximum atomic E-state index is 11.1. The molecule has 0 aliphatic heterocycles. The first-order valence-electron chi connectivity index (χ1n) is 5.05. The maximum absolute atomic E-state index is 11.1. The van der Waals surface area contributed by atoms with Crippen molar-refractivity contribution in [3.05, 3.63) is 22.7 Å². The van der Waals surface area contributed by atoms with Crippen LogP contribution in [0.15, 0.2) is 12.1 Å². The van der Waals surface area contributed by atoms with Gasteiger partial charge in [0.15, 0.2) is 11.5 Å². The fraction of sp³-hybridized carbons (Fsp3) is 0.417. The normalized spacial score (nSPS) is 16.7. The van der Waals surface area contributed by atoms with Gasteiger partial charge < -0.3 is 14.3 Å². The van der Waals surface area contributed by atoms with Crippen molar-refractivity contribution in [1.29, 1.82) is 0 Å². The molecule has 0 bridgehead atoms. The molecule has 1 aliphatic rings. The predicted octanol–water partition coefficient (Wildman–Crippen LogP) is 2.59. The van der Waals surface area contributed by atoms with Crippen LogP contribution in [0.4, 0.5) is 0 Å². The molecule has 0 radical (unpaired) electrons. The summed E-state index contributed by atoms with van der Waals surface area (Å²) in [6.07, 6.45) is 2.68. The molecule has 86 valence electrons. The van der Waals surface area contributed by atoms with Gasteiger partial charge in [-0.15, -0.1) is 0 Å². The zero-order valence-electron chi connectivity index (χ0n) is 9.25. The van der Waals surface area contributed by atoms with Crippen LogP contribution in [-0.2, 0) is 10.2 Å². The number of carbonyl (C=O) groups excluding carboxylic acids is 1. The Kier molecular flexibility index (Phi) is 2.80. The van der Waals surface area contributed by atoms with E-state index >= 15 is 0 Å². The Balaban J connectivity index is 2.51. The van der Waals surface area contributed by atoms with Gasteiger partial charge >= 0.3 is 0 Å². The Bertz CT molecular complexity index is 425. The highest BCUT2D eigenvalue weighted by Gasteiger charge is 2.46. The monoisotopic (exact) mass is 240 g/mol. The third-order valence-corrected chi connectivity index (χ3v) is 3.34. The molecule has 0 heterocycles. The smallest absolute Gasteiger partial charge is 0.162 e. The minimum Gasteiger partial charge on any atom is -0.493 e. The molecular formula is C12H13ClO3. The van der Waals surface area contributed by atoms with Crippen molar-refractivity contribution in [3.63, 3.8) is 0 Å². The third kappa shape index (κ3) is 1.65. The molecule has 4 heteroatoms. The molecule has 2 rings (SSSR count). The van der Waals surface area contributed by atoms with Crippen molar-refractivity contribution >= 4 is 17.9 Å². The van der Waals surface area contributed by atoms with E-state index in [9.17, 15) is 4.79 Å². The van der Waals surface area contributed by atoms with Gasteiger partial charge in [0, 0.05) is 11.1 Å². The minimum atomic E-state index is -0.392. The number of ether oxygens (including phenoxy) is 2. The van der Waals surface area contributed by atoms with Gasteiger partial charge in [-0.2, -0.15) is 0 Å². The Morgan fingerprint density at radius 1 is 1.25 bits per heavy atom. The van der Waals surface area contributed by atoms with Gasteiger partial charge in [-0.3, -0.25) is 0 Å². The Hall–Kier alpha value is -1.22. The van der Waals surface area contributed by atoms with Crippen molar-refractivity contribution in [2.24, 2.45) is 0 Å². The highest BCUT2D eigenvalue weighted by Crippen LogP contribution is 2.51. The van der Waals surface area contributed by atoms with E-state index in [1.165, 1.54) is 0 Å². The third-order valence-electron chi connectivity index (χ3n) is 3.02. The second-order valence-corrected chi connectivity index (χ2v) is 4.37. The quantitative estimate of drug-likeness (QED) is 0.759. The van der Waals surface area contributed by atoms with Crippen LogP contribution in [0.3, 0.4) is 0 Å². The lowest BCUT2D eigenvalue weighted by Crippen LogP contribution is -2.09. The van der Waals surface area contributed by atoms with Crippen LogP contribution in [0.5, 0.6) is 11.5 Å². The second kappa shape index (κ2) is 3.98. The molecule has 0 atom stereocenters. The average molecular weight is 241 g/mol. The fourth-order valence-corrected chi connectivity index (χ4v) is 2.16. The van der Waals surface area contributed by atoms with E-state index in [1.807, 2.05) is 0 Å². The number of rotatable bonds is 4. The molecule has 1 aliphatic carbocycles. The summed E-state index contributed by atoms with van der Waals surface area (Å²) in [6, 6.07) is 3.49. The topological polar surface area (TPSA) is 35.5 Å². The van der Waals surface area contributed by atoms with Gasteiger partial charge in [0.2, 0.25) is 0 Å². The number of carbonyl (C=O) groups is 1. The second-order valence-electron chi connectivity index (χ2n) is 3.96. The molecule has 1 aromatic rings. The molecule has 1 fully saturated rings. The van der Waals surface area contributed by atoms with Crippen LogP contribution in [0.25, 0.3) is 0 Å². The van der Waals surface area contributed by atoms with E-state index in [2.05, 4.69) is 0 Å². The summed E-state index contributed by atoms with van der Waals surface area (Å²) in [5.74, 6) is 1.19. The van der Waals surface area contributed by atoms with Crippen molar-refractivity contribution in [2.75, 3.05) is 14.2 Å². The summed E-state index contributed by atoms with van der Waals surface area (Å²) in [6.45, 7) is 0. The number of halogens is 1. The molecule has 0 N–H and O–H groups in total. The molecular weight excluding hydrogens is 228 g/mol. The molecule has 16 heavy (non-hydrogen) atoms. The molecule has 0 amide bonds. The maximum Gasteiger partial charge on any atom is 0.162 e. The lowest BCUT2D eigenvalue weighted by molar-refractivity contribution is -0.109. The van der Waals surface area contributed by atoms with Gasteiger partial charge in [0.25, 0.3) is 0 Å². The summed E-state index contributed by atoms with van der Waals surface area (Å²) in [7, 11) is 3.12. The van der Waals surface area contributed by atoms with Crippen molar-refractivity contribution in [2.45, 2.75) is 18.3 Å². The molecule has 0 spiro atoms. The summed E-state index contributed by atoms with van der Waals surface area (Å²) in [5, 5.41) is 0.558. The van der Waals surface area contributed by atoms with Crippen LogP contribution in [0.1, 0.15) is 18.4 Å². The molecule has 1 saturated carbocycles. The van der Waals surface area contributed by atoms with E-state index in [0.717, 1.165) is 24.7 Å². The van der Waals surface area contributed by atoms with E-state index in [-0.39, 0.29) is 0 Å². The highest BCUT2D eigenvalue weighted by molar-refractivity contribution is 6.32. The first-order valence-corrected chi connectivity index (χ1v) is 5.43. The van der Waals surface area contributed by atoms with Gasteiger partial charge in [0.05, 0.1) is 19.6 Å². The number of hydrogen-bond donors (Lipinski definition) is 0. The largest absolute Gasteiger partial charge is 0.493 e. The average Bonchev–Trinajstić information content (AvgIpc) is 3.09. The first kappa shape index (κ1) is 11.3. The first-order chi connectivity index (χ1) is 7.66. The number of hydrogen-bond acceptors (Lipinski definition) is 3. The number of benzene rings is 1. The van der Waals surface area contributed by atoms with E-state index in [1.54, 1.807) is 26.4 Å². The Morgan fingerprint density at radius 2 is 1.81 bits per heavy atom. The fourth-order valence-electron chi connectivity index (χ4n) is 1.82. The van der Waals surface area contributed by atoms with E-state index in [0.29, 0.717) is 16.5 Å². The summed E-state index contributed by atoms with van der Waals surface area (Å²) in [4.78, 5) is 11.1. The minimum absolute atomic E-state index is 0.392. The highest BCUT2D eigenvalue weighted by atomic mass is 35.5. The van der Waals surface area contributed by atoms with Gasteiger partial charge in [0.1, 0.15) is 6.29 Å². The van der Waals surface area contributed by atoms with Crippen molar-refractivity contribution in [1.82, 2.24) is 0 Å². The van der Waals surface area contributed by atoms with Gasteiger partial charge in [-0.1, -0.05) is 11.6 Å². The lowest BCUT2D eigenvalue weighted by atomic mass is 9.97.